The average molecular weight is 230 g/mol. The molecule has 0 saturated heterocycles. The Bertz CT molecular complexity index is 211. The van der Waals surface area contributed by atoms with Crippen molar-refractivity contribution >= 4 is 5.91 Å². The molecule has 0 aliphatic rings. The van der Waals surface area contributed by atoms with Crippen molar-refractivity contribution in [2.24, 2.45) is 17.1 Å². The normalized spacial score (nSPS) is 13.9. The number of carbonyl (C=O) groups is 1. The first kappa shape index (κ1) is 15.4. The molecule has 1 unspecified atom stereocenters. The fourth-order valence-corrected chi connectivity index (χ4v) is 1.07. The zero-order valence-corrected chi connectivity index (χ0v) is 11.2. The summed E-state index contributed by atoms with van der Waals surface area (Å²) in [6.45, 7) is 9.67. The van der Waals surface area contributed by atoms with E-state index in [4.69, 9.17) is 10.5 Å². The highest BCUT2D eigenvalue weighted by atomic mass is 16.5. The Hall–Kier alpha value is -0.610. The first-order chi connectivity index (χ1) is 7.33. The summed E-state index contributed by atoms with van der Waals surface area (Å²) in [7, 11) is 1.57. The molecule has 0 aromatic carbocycles. The molecule has 0 fully saturated rings. The minimum Gasteiger partial charge on any atom is -0.380 e. The molecule has 0 aromatic heterocycles. The summed E-state index contributed by atoms with van der Waals surface area (Å²) >= 11 is 0. The average Bonchev–Trinajstić information content (AvgIpc) is 2.23. The Labute approximate surface area is 98.9 Å². The van der Waals surface area contributed by atoms with Crippen LogP contribution < -0.4 is 11.1 Å². The van der Waals surface area contributed by atoms with Crippen molar-refractivity contribution in [3.05, 3.63) is 0 Å². The van der Waals surface area contributed by atoms with Crippen molar-refractivity contribution in [1.29, 1.82) is 0 Å². The zero-order valence-electron chi connectivity index (χ0n) is 11.2. The number of rotatable bonds is 7. The number of hydrogen-bond acceptors (Lipinski definition) is 3. The van der Waals surface area contributed by atoms with Crippen LogP contribution in [0.2, 0.25) is 0 Å². The molecular weight excluding hydrogens is 204 g/mol. The third-order valence-electron chi connectivity index (χ3n) is 3.31. The van der Waals surface area contributed by atoms with E-state index in [1.807, 2.05) is 0 Å². The van der Waals surface area contributed by atoms with Gasteiger partial charge in [0.2, 0.25) is 5.91 Å². The number of hydrogen-bond donors (Lipinski definition) is 2. The maximum Gasteiger partial charge on any atom is 0.222 e. The molecular formula is C12H26N2O2. The number of amides is 1. The summed E-state index contributed by atoms with van der Waals surface area (Å²) in [5.74, 6) is 0.534. The quantitative estimate of drug-likeness (QED) is 0.689. The SMILES string of the molecule is COC(CN)CC(=O)NCC(C)(C)C(C)C. The number of carbonyl (C=O) groups excluding carboxylic acids is 1. The first-order valence-electron chi connectivity index (χ1n) is 5.83. The third kappa shape index (κ3) is 5.47. The van der Waals surface area contributed by atoms with Gasteiger partial charge in [0.25, 0.3) is 0 Å². The maximum absolute atomic E-state index is 11.6. The Morgan fingerprint density at radius 3 is 2.38 bits per heavy atom. The van der Waals surface area contributed by atoms with Gasteiger partial charge >= 0.3 is 0 Å². The van der Waals surface area contributed by atoms with Crippen LogP contribution in [0.5, 0.6) is 0 Å². The van der Waals surface area contributed by atoms with Crippen LogP contribution in [0.15, 0.2) is 0 Å². The first-order valence-corrected chi connectivity index (χ1v) is 5.83. The second kappa shape index (κ2) is 6.86. The van der Waals surface area contributed by atoms with Crippen molar-refractivity contribution in [3.63, 3.8) is 0 Å². The van der Waals surface area contributed by atoms with Gasteiger partial charge < -0.3 is 15.8 Å². The number of nitrogens with one attached hydrogen (secondary N) is 1. The van der Waals surface area contributed by atoms with Crippen LogP contribution in [0, 0.1) is 11.3 Å². The molecule has 3 N–H and O–H groups in total. The van der Waals surface area contributed by atoms with Crippen LogP contribution >= 0.6 is 0 Å². The van der Waals surface area contributed by atoms with Crippen molar-refractivity contribution in [2.75, 3.05) is 20.2 Å². The fraction of sp³-hybridized carbons (Fsp3) is 0.917. The largest absolute Gasteiger partial charge is 0.380 e. The number of nitrogens with two attached hydrogens (primary N) is 1. The van der Waals surface area contributed by atoms with Gasteiger partial charge in [0.05, 0.1) is 12.5 Å². The summed E-state index contributed by atoms with van der Waals surface area (Å²) in [4.78, 5) is 11.6. The van der Waals surface area contributed by atoms with Gasteiger partial charge in [-0.2, -0.15) is 0 Å². The molecule has 0 aromatic rings. The van der Waals surface area contributed by atoms with E-state index >= 15 is 0 Å². The molecule has 0 radical (unpaired) electrons. The van der Waals surface area contributed by atoms with E-state index in [0.29, 0.717) is 25.4 Å². The highest BCUT2D eigenvalue weighted by Crippen LogP contribution is 2.24. The summed E-state index contributed by atoms with van der Waals surface area (Å²) < 4.78 is 5.06. The van der Waals surface area contributed by atoms with Crippen LogP contribution in [-0.2, 0) is 9.53 Å². The van der Waals surface area contributed by atoms with Crippen molar-refractivity contribution in [1.82, 2.24) is 5.32 Å². The van der Waals surface area contributed by atoms with Gasteiger partial charge in [-0.25, -0.2) is 0 Å². The molecule has 4 nitrogen and oxygen atoms in total. The van der Waals surface area contributed by atoms with Gasteiger partial charge in [-0.05, 0) is 11.3 Å². The topological polar surface area (TPSA) is 64.3 Å². The van der Waals surface area contributed by atoms with Gasteiger partial charge in [0.15, 0.2) is 0 Å². The van der Waals surface area contributed by atoms with E-state index in [-0.39, 0.29) is 17.4 Å². The lowest BCUT2D eigenvalue weighted by Gasteiger charge is -2.29. The van der Waals surface area contributed by atoms with Gasteiger partial charge in [-0.15, -0.1) is 0 Å². The number of methoxy groups -OCH3 is 1. The lowest BCUT2D eigenvalue weighted by atomic mass is 9.81. The van der Waals surface area contributed by atoms with E-state index < -0.39 is 0 Å². The van der Waals surface area contributed by atoms with Crippen LogP contribution in [0.1, 0.15) is 34.1 Å². The highest BCUT2D eigenvalue weighted by Gasteiger charge is 2.23. The smallest absolute Gasteiger partial charge is 0.222 e. The standard InChI is InChI=1S/C12H26N2O2/c1-9(2)12(3,4)8-14-11(15)6-10(7-13)16-5/h9-10H,6-8,13H2,1-5H3,(H,14,15). The minimum atomic E-state index is -0.179. The molecule has 0 heterocycles. The van der Waals surface area contributed by atoms with E-state index in [0.717, 1.165) is 0 Å². The van der Waals surface area contributed by atoms with Gasteiger partial charge in [0, 0.05) is 20.2 Å². The zero-order chi connectivity index (χ0) is 12.8. The molecule has 4 heteroatoms. The molecule has 1 atom stereocenters. The lowest BCUT2D eigenvalue weighted by Crippen LogP contribution is -2.39. The maximum atomic E-state index is 11.6. The Morgan fingerprint density at radius 2 is 2.00 bits per heavy atom. The molecule has 0 rings (SSSR count). The monoisotopic (exact) mass is 230 g/mol. The molecule has 0 saturated carbocycles. The second-order valence-electron chi connectivity index (χ2n) is 5.22. The van der Waals surface area contributed by atoms with Crippen molar-refractivity contribution < 1.29 is 9.53 Å². The molecule has 0 aliphatic heterocycles. The Balaban J connectivity index is 3.98. The fourth-order valence-electron chi connectivity index (χ4n) is 1.07. The van der Waals surface area contributed by atoms with E-state index in [9.17, 15) is 4.79 Å². The highest BCUT2D eigenvalue weighted by molar-refractivity contribution is 5.76. The molecule has 1 amide bonds. The van der Waals surface area contributed by atoms with Gasteiger partial charge in [-0.3, -0.25) is 4.79 Å². The summed E-state index contributed by atoms with van der Waals surface area (Å²) in [6, 6.07) is 0. The van der Waals surface area contributed by atoms with Gasteiger partial charge in [0.1, 0.15) is 0 Å². The summed E-state index contributed by atoms with van der Waals surface area (Å²) in [6.07, 6.45) is 0.156. The summed E-state index contributed by atoms with van der Waals surface area (Å²) in [5, 5.41) is 2.93. The van der Waals surface area contributed by atoms with E-state index in [1.165, 1.54) is 0 Å². The molecule has 16 heavy (non-hydrogen) atoms. The van der Waals surface area contributed by atoms with Crippen molar-refractivity contribution in [3.8, 4) is 0 Å². The predicted octanol–water partition coefficient (Wildman–Crippen LogP) is 1.15. The molecule has 0 bridgehead atoms. The van der Waals surface area contributed by atoms with Crippen molar-refractivity contribution in [2.45, 2.75) is 40.2 Å². The third-order valence-corrected chi connectivity index (χ3v) is 3.31. The van der Waals surface area contributed by atoms with Crippen LogP contribution in [0.4, 0.5) is 0 Å². The number of ether oxygens (including phenoxy) is 1. The van der Waals surface area contributed by atoms with Crippen LogP contribution in [0.25, 0.3) is 0 Å². The molecule has 0 spiro atoms. The predicted molar refractivity (Wildman–Crippen MR) is 66.1 cm³/mol. The van der Waals surface area contributed by atoms with Crippen LogP contribution in [-0.4, -0.2) is 32.2 Å². The van der Waals surface area contributed by atoms with E-state index in [1.54, 1.807) is 7.11 Å². The Kier molecular flexibility index (Phi) is 6.60. The minimum absolute atomic E-state index is 0.00558. The summed E-state index contributed by atoms with van der Waals surface area (Å²) in [5.41, 5.74) is 5.57. The lowest BCUT2D eigenvalue weighted by molar-refractivity contribution is -0.123. The van der Waals surface area contributed by atoms with E-state index in [2.05, 4.69) is 33.0 Å². The molecule has 96 valence electrons. The van der Waals surface area contributed by atoms with Gasteiger partial charge in [-0.1, -0.05) is 27.7 Å². The van der Waals surface area contributed by atoms with Crippen LogP contribution in [0.3, 0.4) is 0 Å². The molecule has 0 aliphatic carbocycles. The second-order valence-corrected chi connectivity index (χ2v) is 5.22. The Morgan fingerprint density at radius 1 is 1.44 bits per heavy atom.